The Balaban J connectivity index is 1.57. The van der Waals surface area contributed by atoms with Gasteiger partial charge in [0, 0.05) is 18.8 Å². The number of carbonyl (C=O) groups excluding carboxylic acids is 1. The van der Waals surface area contributed by atoms with E-state index in [0.717, 1.165) is 10.8 Å². The van der Waals surface area contributed by atoms with E-state index in [4.69, 9.17) is 4.74 Å². The summed E-state index contributed by atoms with van der Waals surface area (Å²) in [5.74, 6) is 0.619. The van der Waals surface area contributed by atoms with Crippen molar-refractivity contribution in [3.63, 3.8) is 0 Å². The molecule has 7 heteroatoms. The Kier molecular flexibility index (Phi) is 5.22. The van der Waals surface area contributed by atoms with E-state index < -0.39 is 0 Å². The normalized spacial score (nSPS) is 11.0. The van der Waals surface area contributed by atoms with Crippen LogP contribution in [0.3, 0.4) is 0 Å². The number of hydrogen-bond acceptors (Lipinski definition) is 5. The Hall–Kier alpha value is -3.32. The van der Waals surface area contributed by atoms with E-state index in [-0.39, 0.29) is 17.2 Å². The van der Waals surface area contributed by atoms with Gasteiger partial charge in [-0.1, -0.05) is 42.1 Å². The van der Waals surface area contributed by atoms with Gasteiger partial charge in [-0.15, -0.1) is 0 Å². The molecule has 1 amide bonds. The first-order valence-electron chi connectivity index (χ1n) is 9.01. The van der Waals surface area contributed by atoms with Crippen molar-refractivity contribution in [1.29, 1.82) is 0 Å². The van der Waals surface area contributed by atoms with E-state index in [1.807, 2.05) is 42.5 Å². The maximum Gasteiger partial charge on any atom is 0.261 e. The number of rotatable bonds is 5. The first kappa shape index (κ1) is 19.0. The fourth-order valence-corrected chi connectivity index (χ4v) is 3.87. The smallest absolute Gasteiger partial charge is 0.261 e. The number of ether oxygens (including phenoxy) is 1. The van der Waals surface area contributed by atoms with Crippen LogP contribution in [-0.4, -0.2) is 28.3 Å². The fourth-order valence-electron chi connectivity index (χ4n) is 3.09. The highest BCUT2D eigenvalue weighted by molar-refractivity contribution is 7.99. The van der Waals surface area contributed by atoms with Gasteiger partial charge in [0.25, 0.3) is 5.56 Å². The third-order valence-corrected chi connectivity index (χ3v) is 5.62. The van der Waals surface area contributed by atoms with Crippen LogP contribution < -0.4 is 15.6 Å². The van der Waals surface area contributed by atoms with Gasteiger partial charge in [0.05, 0.1) is 23.8 Å². The molecule has 0 unspecified atom stereocenters. The van der Waals surface area contributed by atoms with Crippen LogP contribution in [0, 0.1) is 0 Å². The van der Waals surface area contributed by atoms with Crippen molar-refractivity contribution >= 4 is 45.0 Å². The summed E-state index contributed by atoms with van der Waals surface area (Å²) in [5, 5.41) is 5.91. The summed E-state index contributed by atoms with van der Waals surface area (Å²) in [5.41, 5.74) is 1.15. The molecule has 0 aliphatic carbocycles. The molecular formula is C22H19N3O3S. The predicted octanol–water partition coefficient (Wildman–Crippen LogP) is 3.83. The van der Waals surface area contributed by atoms with Crippen molar-refractivity contribution in [2.75, 3.05) is 18.2 Å². The molecule has 0 saturated carbocycles. The molecular weight excluding hydrogens is 386 g/mol. The standard InChI is InChI=1S/C22H19N3O3S/c1-25-21(27)18-10-14-6-3-4-7-15(14)11-19(18)24-22(25)29-13-20(26)23-16-8-5-9-17(12-16)28-2/h3-12H,13H2,1-2H3,(H,23,26). The Labute approximate surface area is 171 Å². The quantitative estimate of drug-likeness (QED) is 0.310. The van der Waals surface area contributed by atoms with Gasteiger partial charge < -0.3 is 10.1 Å². The lowest BCUT2D eigenvalue weighted by atomic mass is 10.1. The van der Waals surface area contributed by atoms with Gasteiger partial charge in [0.2, 0.25) is 5.91 Å². The number of aromatic nitrogens is 2. The van der Waals surface area contributed by atoms with Crippen molar-refractivity contribution < 1.29 is 9.53 Å². The number of nitrogens with one attached hydrogen (secondary N) is 1. The van der Waals surface area contributed by atoms with Crippen molar-refractivity contribution in [3.05, 3.63) is 71.0 Å². The molecule has 29 heavy (non-hydrogen) atoms. The van der Waals surface area contributed by atoms with E-state index in [2.05, 4.69) is 10.3 Å². The summed E-state index contributed by atoms with van der Waals surface area (Å²) in [6.45, 7) is 0. The van der Waals surface area contributed by atoms with E-state index in [1.165, 1.54) is 16.3 Å². The van der Waals surface area contributed by atoms with Crippen molar-refractivity contribution in [2.45, 2.75) is 5.16 Å². The molecule has 1 aromatic heterocycles. The lowest BCUT2D eigenvalue weighted by Gasteiger charge is -2.10. The van der Waals surface area contributed by atoms with Crippen LogP contribution in [0.5, 0.6) is 5.75 Å². The summed E-state index contributed by atoms with van der Waals surface area (Å²) < 4.78 is 6.65. The summed E-state index contributed by atoms with van der Waals surface area (Å²) in [7, 11) is 3.25. The molecule has 0 radical (unpaired) electrons. The second-order valence-electron chi connectivity index (χ2n) is 6.54. The number of carbonyl (C=O) groups is 1. The Morgan fingerprint density at radius 2 is 1.86 bits per heavy atom. The minimum absolute atomic E-state index is 0.128. The molecule has 1 heterocycles. The maximum atomic E-state index is 12.8. The summed E-state index contributed by atoms with van der Waals surface area (Å²) in [6.07, 6.45) is 0. The number of nitrogens with zero attached hydrogens (tertiary/aromatic N) is 2. The van der Waals surface area contributed by atoms with Crippen LogP contribution in [0.2, 0.25) is 0 Å². The zero-order valence-electron chi connectivity index (χ0n) is 16.0. The number of hydrogen-bond donors (Lipinski definition) is 1. The molecule has 6 nitrogen and oxygen atoms in total. The van der Waals surface area contributed by atoms with Crippen LogP contribution in [0.25, 0.3) is 21.7 Å². The monoisotopic (exact) mass is 405 g/mol. The van der Waals surface area contributed by atoms with Crippen molar-refractivity contribution in [2.24, 2.45) is 7.05 Å². The minimum Gasteiger partial charge on any atom is -0.497 e. The molecule has 4 rings (SSSR count). The Morgan fingerprint density at radius 3 is 2.62 bits per heavy atom. The SMILES string of the molecule is COc1cccc(NC(=O)CSc2nc3cc4ccccc4cc3c(=O)n2C)c1. The van der Waals surface area contributed by atoms with Gasteiger partial charge in [0.1, 0.15) is 5.75 Å². The Morgan fingerprint density at radius 1 is 1.10 bits per heavy atom. The molecule has 0 saturated heterocycles. The highest BCUT2D eigenvalue weighted by Gasteiger charge is 2.12. The number of benzene rings is 3. The molecule has 1 N–H and O–H groups in total. The van der Waals surface area contributed by atoms with Crippen molar-refractivity contribution in [1.82, 2.24) is 9.55 Å². The van der Waals surface area contributed by atoms with Crippen LogP contribution in [-0.2, 0) is 11.8 Å². The molecule has 0 atom stereocenters. The molecule has 0 aliphatic heterocycles. The van der Waals surface area contributed by atoms with E-state index in [1.54, 1.807) is 32.4 Å². The molecule has 0 fully saturated rings. The lowest BCUT2D eigenvalue weighted by Crippen LogP contribution is -2.21. The zero-order chi connectivity index (χ0) is 20.4. The number of fused-ring (bicyclic) bond motifs is 2. The first-order chi connectivity index (χ1) is 14.0. The average Bonchev–Trinajstić information content (AvgIpc) is 2.74. The summed E-state index contributed by atoms with van der Waals surface area (Å²) in [6, 6.07) is 18.8. The largest absolute Gasteiger partial charge is 0.497 e. The molecule has 3 aromatic carbocycles. The van der Waals surface area contributed by atoms with Gasteiger partial charge in [-0.2, -0.15) is 0 Å². The van der Waals surface area contributed by atoms with Gasteiger partial charge in [-0.3, -0.25) is 14.2 Å². The van der Waals surface area contributed by atoms with E-state index in [9.17, 15) is 9.59 Å². The summed E-state index contributed by atoms with van der Waals surface area (Å²) in [4.78, 5) is 29.7. The number of anilines is 1. The van der Waals surface area contributed by atoms with Crippen LogP contribution in [0.15, 0.2) is 70.6 Å². The van der Waals surface area contributed by atoms with Gasteiger partial charge in [0.15, 0.2) is 5.16 Å². The van der Waals surface area contributed by atoms with Gasteiger partial charge in [-0.05, 0) is 35.0 Å². The maximum absolute atomic E-state index is 12.8. The summed E-state index contributed by atoms with van der Waals surface area (Å²) >= 11 is 1.23. The molecule has 0 spiro atoms. The van der Waals surface area contributed by atoms with Crippen molar-refractivity contribution in [3.8, 4) is 5.75 Å². The number of methoxy groups -OCH3 is 1. The lowest BCUT2D eigenvalue weighted by molar-refractivity contribution is -0.113. The number of thioether (sulfide) groups is 1. The molecule has 0 aliphatic rings. The molecule has 4 aromatic rings. The predicted molar refractivity (Wildman–Crippen MR) is 117 cm³/mol. The fraction of sp³-hybridized carbons (Fsp3) is 0.136. The Bertz CT molecular complexity index is 1280. The van der Waals surface area contributed by atoms with Crippen LogP contribution in [0.4, 0.5) is 5.69 Å². The first-order valence-corrected chi connectivity index (χ1v) is 10.00. The average molecular weight is 405 g/mol. The highest BCUT2D eigenvalue weighted by atomic mass is 32.2. The molecule has 0 bridgehead atoms. The van der Waals surface area contributed by atoms with Crippen LogP contribution >= 0.6 is 11.8 Å². The topological polar surface area (TPSA) is 73.2 Å². The zero-order valence-corrected chi connectivity index (χ0v) is 16.8. The second-order valence-corrected chi connectivity index (χ2v) is 7.49. The van der Waals surface area contributed by atoms with Gasteiger partial charge in [-0.25, -0.2) is 4.98 Å². The molecule has 146 valence electrons. The van der Waals surface area contributed by atoms with E-state index >= 15 is 0 Å². The third kappa shape index (κ3) is 3.95. The minimum atomic E-state index is -0.184. The number of amides is 1. The third-order valence-electron chi connectivity index (χ3n) is 4.59. The van der Waals surface area contributed by atoms with Crippen LogP contribution in [0.1, 0.15) is 0 Å². The highest BCUT2D eigenvalue weighted by Crippen LogP contribution is 2.23. The van der Waals surface area contributed by atoms with Gasteiger partial charge >= 0.3 is 0 Å². The second kappa shape index (κ2) is 7.97. The van der Waals surface area contributed by atoms with E-state index in [0.29, 0.717) is 27.5 Å².